The zero-order valence-electron chi connectivity index (χ0n) is 24.2. The Morgan fingerprint density at radius 2 is 1.55 bits per heavy atom. The van der Waals surface area contributed by atoms with Gasteiger partial charge in [-0.25, -0.2) is 14.5 Å². The molecule has 0 atom stereocenters. The molecule has 0 bridgehead atoms. The van der Waals surface area contributed by atoms with Crippen molar-refractivity contribution in [1.82, 2.24) is 19.7 Å². The van der Waals surface area contributed by atoms with Gasteiger partial charge in [0.2, 0.25) is 0 Å². The second kappa shape index (κ2) is 12.6. The Hall–Kier alpha value is -3.96. The highest BCUT2D eigenvalue weighted by Crippen LogP contribution is 2.34. The van der Waals surface area contributed by atoms with Crippen molar-refractivity contribution < 1.29 is 27.4 Å². The van der Waals surface area contributed by atoms with Gasteiger partial charge in [0.15, 0.2) is 5.69 Å². The van der Waals surface area contributed by atoms with Gasteiger partial charge in [0, 0.05) is 37.9 Å². The molecule has 5 rings (SSSR count). The van der Waals surface area contributed by atoms with Gasteiger partial charge in [-0.3, -0.25) is 0 Å². The molecule has 0 spiro atoms. The molecular formula is C31H30Cl2F3N5O3. The molecule has 232 valence electrons. The number of carbonyl (C=O) groups is 1. The highest BCUT2D eigenvalue weighted by Gasteiger charge is 2.35. The predicted molar refractivity (Wildman–Crippen MR) is 163 cm³/mol. The van der Waals surface area contributed by atoms with Crippen LogP contribution in [0.2, 0.25) is 10.0 Å². The molecule has 1 aliphatic rings. The van der Waals surface area contributed by atoms with E-state index in [2.05, 4.69) is 15.0 Å². The summed E-state index contributed by atoms with van der Waals surface area (Å²) in [6.07, 6.45) is -3.20. The number of benzene rings is 2. The van der Waals surface area contributed by atoms with Crippen LogP contribution in [0.15, 0.2) is 66.9 Å². The standard InChI is InChI=1S/C31H30Cl2F3N5O3/c1-30(2,3)44-29(42)40-15-13-39(14-16-40)27-12-9-21(18-37-27)20-7-10-23(11-8-20)43-19-22-17-26(31(34,35)36)38-41(22)28-24(32)5-4-6-25(28)33/h4-12,17-18H,13-16,19H2,1-3H3. The smallest absolute Gasteiger partial charge is 0.435 e. The van der Waals surface area contributed by atoms with Crippen molar-refractivity contribution in [3.8, 4) is 22.6 Å². The molecule has 1 saturated heterocycles. The van der Waals surface area contributed by atoms with Crippen LogP contribution < -0.4 is 9.64 Å². The maximum atomic E-state index is 13.5. The van der Waals surface area contributed by atoms with Gasteiger partial charge in [0.05, 0.1) is 15.7 Å². The van der Waals surface area contributed by atoms with Crippen molar-refractivity contribution in [2.75, 3.05) is 31.1 Å². The van der Waals surface area contributed by atoms with Crippen molar-refractivity contribution >= 4 is 35.1 Å². The first-order valence-corrected chi connectivity index (χ1v) is 14.6. The van der Waals surface area contributed by atoms with Crippen molar-refractivity contribution in [3.63, 3.8) is 0 Å². The monoisotopic (exact) mass is 647 g/mol. The van der Waals surface area contributed by atoms with Gasteiger partial charge in [-0.2, -0.15) is 18.3 Å². The number of hydrogen-bond acceptors (Lipinski definition) is 6. The molecule has 2 aromatic carbocycles. The number of nitrogens with zero attached hydrogens (tertiary/aromatic N) is 5. The third-order valence-corrected chi connectivity index (χ3v) is 7.41. The van der Waals surface area contributed by atoms with Crippen LogP contribution in [0.4, 0.5) is 23.8 Å². The second-order valence-electron chi connectivity index (χ2n) is 11.2. The summed E-state index contributed by atoms with van der Waals surface area (Å²) in [6, 6.07) is 16.6. The van der Waals surface area contributed by atoms with Crippen LogP contribution in [0.5, 0.6) is 5.75 Å². The molecule has 0 radical (unpaired) electrons. The van der Waals surface area contributed by atoms with E-state index in [0.717, 1.165) is 27.7 Å². The fourth-order valence-electron chi connectivity index (χ4n) is 4.64. The fraction of sp³-hybridized carbons (Fsp3) is 0.323. The molecule has 0 unspecified atom stereocenters. The van der Waals surface area contributed by atoms with E-state index in [-0.39, 0.29) is 34.1 Å². The summed E-state index contributed by atoms with van der Waals surface area (Å²) in [4.78, 5) is 20.8. The van der Waals surface area contributed by atoms with E-state index in [1.54, 1.807) is 29.3 Å². The number of halogens is 5. The third kappa shape index (κ3) is 7.39. The summed E-state index contributed by atoms with van der Waals surface area (Å²) < 4.78 is 52.8. The van der Waals surface area contributed by atoms with E-state index in [1.165, 1.54) is 12.1 Å². The SMILES string of the molecule is CC(C)(C)OC(=O)N1CCN(c2ccc(-c3ccc(OCc4cc(C(F)(F)F)nn4-c4c(Cl)cccc4Cl)cc3)cn2)CC1. The molecule has 2 aromatic heterocycles. The van der Waals surface area contributed by atoms with E-state index in [1.807, 2.05) is 45.0 Å². The van der Waals surface area contributed by atoms with E-state index in [4.69, 9.17) is 32.7 Å². The maximum Gasteiger partial charge on any atom is 0.435 e. The van der Waals surface area contributed by atoms with Gasteiger partial charge in [0.25, 0.3) is 0 Å². The Morgan fingerprint density at radius 3 is 2.11 bits per heavy atom. The van der Waals surface area contributed by atoms with E-state index in [0.29, 0.717) is 31.9 Å². The lowest BCUT2D eigenvalue weighted by molar-refractivity contribution is -0.141. The van der Waals surface area contributed by atoms with Gasteiger partial charge in [0.1, 0.15) is 29.5 Å². The number of pyridine rings is 1. The minimum Gasteiger partial charge on any atom is -0.487 e. The van der Waals surface area contributed by atoms with E-state index >= 15 is 0 Å². The Morgan fingerprint density at radius 1 is 0.909 bits per heavy atom. The number of ether oxygens (including phenoxy) is 2. The van der Waals surface area contributed by atoms with Crippen molar-refractivity contribution in [1.29, 1.82) is 0 Å². The van der Waals surface area contributed by atoms with Crippen LogP contribution in [0, 0.1) is 0 Å². The number of para-hydroxylation sites is 1. The molecule has 4 aromatic rings. The summed E-state index contributed by atoms with van der Waals surface area (Å²) in [5.41, 5.74) is 0.423. The minimum absolute atomic E-state index is 0.128. The molecule has 1 amide bonds. The number of carbonyl (C=O) groups excluding carboxylic acids is 1. The van der Waals surface area contributed by atoms with Crippen LogP contribution in [-0.2, 0) is 17.5 Å². The number of piperazine rings is 1. The van der Waals surface area contributed by atoms with Crippen LogP contribution in [0.1, 0.15) is 32.2 Å². The van der Waals surface area contributed by atoms with Gasteiger partial charge in [-0.05, 0) is 68.8 Å². The van der Waals surface area contributed by atoms with Gasteiger partial charge in [-0.15, -0.1) is 0 Å². The Kier molecular flexibility index (Phi) is 8.99. The molecule has 0 N–H and O–H groups in total. The summed E-state index contributed by atoms with van der Waals surface area (Å²) in [5.74, 6) is 1.26. The minimum atomic E-state index is -4.66. The first kappa shape index (κ1) is 31.5. The summed E-state index contributed by atoms with van der Waals surface area (Å²) >= 11 is 12.5. The molecular weight excluding hydrogens is 618 g/mol. The summed E-state index contributed by atoms with van der Waals surface area (Å²) in [7, 11) is 0. The Balaban J connectivity index is 1.23. The lowest BCUT2D eigenvalue weighted by Gasteiger charge is -2.36. The number of anilines is 1. The molecule has 1 aliphatic heterocycles. The Bertz CT molecular complexity index is 1590. The zero-order chi connectivity index (χ0) is 31.6. The molecule has 0 saturated carbocycles. The lowest BCUT2D eigenvalue weighted by Crippen LogP contribution is -2.50. The van der Waals surface area contributed by atoms with Crippen LogP contribution in [0.25, 0.3) is 16.8 Å². The average molecular weight is 649 g/mol. The zero-order valence-corrected chi connectivity index (χ0v) is 25.7. The number of aromatic nitrogens is 3. The quantitative estimate of drug-likeness (QED) is 0.212. The van der Waals surface area contributed by atoms with E-state index < -0.39 is 17.5 Å². The highest BCUT2D eigenvalue weighted by molar-refractivity contribution is 6.37. The topological polar surface area (TPSA) is 72.7 Å². The van der Waals surface area contributed by atoms with Crippen molar-refractivity contribution in [2.24, 2.45) is 0 Å². The molecule has 8 nitrogen and oxygen atoms in total. The van der Waals surface area contributed by atoms with Gasteiger partial charge in [-0.1, -0.05) is 41.4 Å². The van der Waals surface area contributed by atoms with Crippen molar-refractivity contribution in [2.45, 2.75) is 39.2 Å². The number of amides is 1. The average Bonchev–Trinajstić information content (AvgIpc) is 3.40. The molecule has 13 heteroatoms. The number of hydrogen-bond donors (Lipinski definition) is 0. The third-order valence-electron chi connectivity index (χ3n) is 6.80. The first-order valence-electron chi connectivity index (χ1n) is 13.8. The normalized spacial score (nSPS) is 14.1. The summed E-state index contributed by atoms with van der Waals surface area (Å²) in [5, 5.41) is 4.02. The summed E-state index contributed by atoms with van der Waals surface area (Å²) in [6.45, 7) is 7.71. The predicted octanol–water partition coefficient (Wildman–Crippen LogP) is 7.90. The van der Waals surface area contributed by atoms with Gasteiger partial charge < -0.3 is 19.3 Å². The maximum absolute atomic E-state index is 13.5. The van der Waals surface area contributed by atoms with Crippen LogP contribution in [0.3, 0.4) is 0 Å². The molecule has 1 fully saturated rings. The number of alkyl halides is 3. The molecule has 0 aliphatic carbocycles. The van der Waals surface area contributed by atoms with Crippen molar-refractivity contribution in [3.05, 3.63) is 88.3 Å². The molecule has 44 heavy (non-hydrogen) atoms. The fourth-order valence-corrected chi connectivity index (χ4v) is 5.19. The van der Waals surface area contributed by atoms with Crippen LogP contribution >= 0.6 is 23.2 Å². The Labute approximate surface area is 262 Å². The first-order chi connectivity index (χ1) is 20.8. The second-order valence-corrected chi connectivity index (χ2v) is 12.0. The van der Waals surface area contributed by atoms with Crippen LogP contribution in [-0.4, -0.2) is 57.5 Å². The number of rotatable bonds is 6. The largest absolute Gasteiger partial charge is 0.487 e. The highest BCUT2D eigenvalue weighted by atomic mass is 35.5. The molecule has 3 heterocycles. The lowest BCUT2D eigenvalue weighted by atomic mass is 10.1. The van der Waals surface area contributed by atoms with Gasteiger partial charge >= 0.3 is 12.3 Å². The van der Waals surface area contributed by atoms with E-state index in [9.17, 15) is 18.0 Å².